The molecule has 4 N–H and O–H groups in total. The number of nitrogens with two attached hydrogens (primary N) is 1. The predicted molar refractivity (Wildman–Crippen MR) is 65.1 cm³/mol. The molecule has 1 rings (SSSR count). The third-order valence-electron chi connectivity index (χ3n) is 2.46. The van der Waals surface area contributed by atoms with Gasteiger partial charge < -0.3 is 21.1 Å². The summed E-state index contributed by atoms with van der Waals surface area (Å²) in [5, 5.41) is 11.4. The second-order valence-corrected chi connectivity index (χ2v) is 3.69. The number of anilines is 2. The first kappa shape index (κ1) is 13.8. The molecule has 0 saturated carbocycles. The van der Waals surface area contributed by atoms with Crippen LogP contribution in [-0.2, 0) is 4.79 Å². The highest BCUT2D eigenvalue weighted by Crippen LogP contribution is 2.27. The third-order valence-corrected chi connectivity index (χ3v) is 2.46. The maximum Gasteiger partial charge on any atom is 0.340 e. The van der Waals surface area contributed by atoms with Gasteiger partial charge in [0.05, 0.1) is 17.9 Å². The zero-order valence-corrected chi connectivity index (χ0v) is 10.0. The molecule has 0 bridgehead atoms. The lowest BCUT2D eigenvalue weighted by Crippen LogP contribution is -2.34. The summed E-state index contributed by atoms with van der Waals surface area (Å²) in [6.07, 6.45) is 0. The van der Waals surface area contributed by atoms with Gasteiger partial charge in [-0.2, -0.15) is 0 Å². The van der Waals surface area contributed by atoms with E-state index in [0.717, 1.165) is 6.07 Å². The van der Waals surface area contributed by atoms with Gasteiger partial charge in [0.25, 0.3) is 0 Å². The fourth-order valence-electron chi connectivity index (χ4n) is 1.51. The zero-order valence-electron chi connectivity index (χ0n) is 10.0. The molecule has 1 aromatic carbocycles. The number of aromatic carboxylic acids is 1. The number of carbonyl (C=O) groups excluding carboxylic acids is 1. The number of carboxylic acids is 1. The minimum absolute atomic E-state index is 0.0537. The summed E-state index contributed by atoms with van der Waals surface area (Å²) >= 11 is 0. The highest BCUT2D eigenvalue weighted by molar-refractivity contribution is 6.00. The summed E-state index contributed by atoms with van der Waals surface area (Å²) < 4.78 is 13.2. The van der Waals surface area contributed by atoms with Gasteiger partial charge in [-0.3, -0.25) is 4.79 Å². The Morgan fingerprint density at radius 2 is 2.11 bits per heavy atom. The van der Waals surface area contributed by atoms with Crippen molar-refractivity contribution >= 4 is 23.3 Å². The van der Waals surface area contributed by atoms with Gasteiger partial charge in [0, 0.05) is 14.1 Å². The summed E-state index contributed by atoms with van der Waals surface area (Å²) in [6, 6.07) is 2.34. The van der Waals surface area contributed by atoms with Crippen LogP contribution in [0.2, 0.25) is 0 Å². The molecule has 0 atom stereocenters. The number of hydrogen-bond acceptors (Lipinski definition) is 4. The van der Waals surface area contributed by atoms with Gasteiger partial charge in [-0.1, -0.05) is 0 Å². The lowest BCUT2D eigenvalue weighted by Gasteiger charge is -2.21. The maximum absolute atomic E-state index is 13.2. The second kappa shape index (κ2) is 5.35. The monoisotopic (exact) mass is 255 g/mol. The quantitative estimate of drug-likeness (QED) is 0.672. The SMILES string of the molecule is CNC(=O)CN(C)c1ccc(F)c(N)c1C(=O)O. The van der Waals surface area contributed by atoms with Crippen LogP contribution in [0.3, 0.4) is 0 Å². The first-order valence-corrected chi connectivity index (χ1v) is 5.11. The van der Waals surface area contributed by atoms with E-state index in [4.69, 9.17) is 10.8 Å². The fraction of sp³-hybridized carbons (Fsp3) is 0.273. The minimum Gasteiger partial charge on any atom is -0.478 e. The Kier molecular flexibility index (Phi) is 4.09. The molecular weight excluding hydrogens is 241 g/mol. The summed E-state index contributed by atoms with van der Waals surface area (Å²) in [6.45, 7) is -0.0537. The Bertz CT molecular complexity index is 491. The van der Waals surface area contributed by atoms with Crippen LogP contribution < -0.4 is 16.0 Å². The predicted octanol–water partition coefficient (Wildman–Crippen LogP) is 0.288. The Balaban J connectivity index is 3.20. The highest BCUT2D eigenvalue weighted by Gasteiger charge is 2.20. The van der Waals surface area contributed by atoms with Gasteiger partial charge in [-0.25, -0.2) is 9.18 Å². The van der Waals surface area contributed by atoms with Gasteiger partial charge in [-0.15, -0.1) is 0 Å². The van der Waals surface area contributed by atoms with E-state index in [1.807, 2.05) is 0 Å². The van der Waals surface area contributed by atoms with E-state index in [1.54, 1.807) is 0 Å². The van der Waals surface area contributed by atoms with Crippen LogP contribution in [0.1, 0.15) is 10.4 Å². The molecule has 1 amide bonds. The fourth-order valence-corrected chi connectivity index (χ4v) is 1.51. The van der Waals surface area contributed by atoms with E-state index in [1.165, 1.54) is 25.1 Å². The van der Waals surface area contributed by atoms with Crippen molar-refractivity contribution < 1.29 is 19.1 Å². The molecule has 0 aliphatic rings. The average Bonchev–Trinajstić information content (AvgIpc) is 2.31. The number of nitrogens with one attached hydrogen (secondary N) is 1. The molecule has 0 unspecified atom stereocenters. The Labute approximate surface area is 103 Å². The maximum atomic E-state index is 13.2. The largest absolute Gasteiger partial charge is 0.478 e. The number of hydrogen-bond donors (Lipinski definition) is 3. The summed E-state index contributed by atoms with van der Waals surface area (Å²) in [7, 11) is 2.99. The molecular formula is C11H14FN3O3. The Hall–Kier alpha value is -2.31. The van der Waals surface area contributed by atoms with E-state index in [2.05, 4.69) is 5.32 Å². The van der Waals surface area contributed by atoms with E-state index >= 15 is 0 Å². The van der Waals surface area contributed by atoms with Crippen molar-refractivity contribution in [1.29, 1.82) is 0 Å². The number of amides is 1. The van der Waals surface area contributed by atoms with Crippen molar-refractivity contribution in [2.45, 2.75) is 0 Å². The first-order chi connectivity index (χ1) is 8.38. The number of nitrogens with zero attached hydrogens (tertiary/aromatic N) is 1. The zero-order chi connectivity index (χ0) is 13.9. The normalized spacial score (nSPS) is 9.94. The first-order valence-electron chi connectivity index (χ1n) is 5.11. The van der Waals surface area contributed by atoms with Crippen LogP contribution >= 0.6 is 0 Å². The second-order valence-electron chi connectivity index (χ2n) is 3.69. The van der Waals surface area contributed by atoms with Crippen LogP contribution in [0, 0.1) is 5.82 Å². The number of likely N-dealkylation sites (N-methyl/N-ethyl adjacent to an activating group) is 2. The number of carbonyl (C=O) groups is 2. The van der Waals surface area contributed by atoms with Crippen LogP contribution in [0.5, 0.6) is 0 Å². The lowest BCUT2D eigenvalue weighted by molar-refractivity contribution is -0.119. The van der Waals surface area contributed by atoms with Gasteiger partial charge in [0.2, 0.25) is 5.91 Å². The van der Waals surface area contributed by atoms with E-state index in [-0.39, 0.29) is 23.7 Å². The van der Waals surface area contributed by atoms with E-state index in [9.17, 15) is 14.0 Å². The highest BCUT2D eigenvalue weighted by atomic mass is 19.1. The molecule has 0 aromatic heterocycles. The lowest BCUT2D eigenvalue weighted by atomic mass is 10.1. The molecule has 6 nitrogen and oxygen atoms in total. The van der Waals surface area contributed by atoms with Crippen molar-refractivity contribution in [3.63, 3.8) is 0 Å². The van der Waals surface area contributed by atoms with Crippen LogP contribution in [0.4, 0.5) is 15.8 Å². The molecule has 0 radical (unpaired) electrons. The molecule has 98 valence electrons. The summed E-state index contributed by atoms with van der Waals surface area (Å²) in [5.74, 6) is -2.44. The summed E-state index contributed by atoms with van der Waals surface area (Å²) in [4.78, 5) is 23.7. The van der Waals surface area contributed by atoms with E-state index < -0.39 is 17.5 Å². The van der Waals surface area contributed by atoms with E-state index in [0.29, 0.717) is 0 Å². The van der Waals surface area contributed by atoms with Gasteiger partial charge in [0.15, 0.2) is 0 Å². The molecule has 0 saturated heterocycles. The Morgan fingerprint density at radius 1 is 1.50 bits per heavy atom. The van der Waals surface area contributed by atoms with Crippen molar-refractivity contribution in [3.8, 4) is 0 Å². The smallest absolute Gasteiger partial charge is 0.340 e. The average molecular weight is 255 g/mol. The number of nitrogen functional groups attached to an aromatic ring is 1. The molecule has 18 heavy (non-hydrogen) atoms. The topological polar surface area (TPSA) is 95.7 Å². The third kappa shape index (κ3) is 2.68. The van der Waals surface area contributed by atoms with Crippen molar-refractivity contribution in [2.75, 3.05) is 31.3 Å². The molecule has 0 heterocycles. The van der Waals surface area contributed by atoms with Crippen molar-refractivity contribution in [2.24, 2.45) is 0 Å². The van der Waals surface area contributed by atoms with Gasteiger partial charge in [0.1, 0.15) is 11.4 Å². The molecule has 0 aliphatic carbocycles. The molecule has 0 spiro atoms. The number of rotatable bonds is 4. The number of carboxylic acid groups (broad SMARTS) is 1. The number of benzene rings is 1. The van der Waals surface area contributed by atoms with Crippen LogP contribution in [0.25, 0.3) is 0 Å². The van der Waals surface area contributed by atoms with Crippen molar-refractivity contribution in [1.82, 2.24) is 5.32 Å². The van der Waals surface area contributed by atoms with Gasteiger partial charge >= 0.3 is 5.97 Å². The van der Waals surface area contributed by atoms with Crippen LogP contribution in [0.15, 0.2) is 12.1 Å². The molecule has 0 aliphatic heterocycles. The summed E-state index contributed by atoms with van der Waals surface area (Å²) in [5.41, 5.74) is 4.80. The van der Waals surface area contributed by atoms with Crippen molar-refractivity contribution in [3.05, 3.63) is 23.5 Å². The standard InChI is InChI=1S/C11H14FN3O3/c1-14-8(16)5-15(2)7-4-3-6(12)10(13)9(7)11(17)18/h3-4H,5,13H2,1-2H3,(H,14,16)(H,17,18). The molecule has 0 fully saturated rings. The minimum atomic E-state index is -1.34. The van der Waals surface area contributed by atoms with Crippen LogP contribution in [-0.4, -0.2) is 37.6 Å². The molecule has 7 heteroatoms. The number of halogens is 1. The molecule has 1 aromatic rings. The van der Waals surface area contributed by atoms with Gasteiger partial charge in [-0.05, 0) is 12.1 Å². The Morgan fingerprint density at radius 3 is 2.61 bits per heavy atom.